The maximum atomic E-state index is 11.2. The Morgan fingerprint density at radius 1 is 1.43 bits per heavy atom. The van der Waals surface area contributed by atoms with Crippen LogP contribution in [0.4, 0.5) is 0 Å². The number of hydrogen-bond acceptors (Lipinski definition) is 4. The van der Waals surface area contributed by atoms with Gasteiger partial charge in [-0.3, -0.25) is 0 Å². The molecule has 0 saturated carbocycles. The third-order valence-corrected chi connectivity index (χ3v) is 3.65. The van der Waals surface area contributed by atoms with Gasteiger partial charge in [-0.15, -0.1) is 0 Å². The molecule has 1 fully saturated rings. The van der Waals surface area contributed by atoms with E-state index in [0.717, 1.165) is 12.8 Å². The first kappa shape index (κ1) is 11.3. The summed E-state index contributed by atoms with van der Waals surface area (Å²) in [5, 5.41) is 3.12. The molecule has 0 radical (unpaired) electrons. The Morgan fingerprint density at radius 2 is 2.00 bits per heavy atom. The quantitative estimate of drug-likeness (QED) is 0.666. The summed E-state index contributed by atoms with van der Waals surface area (Å²) in [6.07, 6.45) is 6.05. The van der Waals surface area contributed by atoms with Crippen LogP contribution in [0.25, 0.3) is 0 Å². The predicted molar refractivity (Wildman–Crippen MR) is 55.9 cm³/mol. The van der Waals surface area contributed by atoms with Gasteiger partial charge in [-0.25, -0.2) is 12.7 Å². The third-order valence-electron chi connectivity index (χ3n) is 2.35. The molecule has 0 aromatic rings. The van der Waals surface area contributed by atoms with Gasteiger partial charge in [-0.1, -0.05) is 0 Å². The number of nitrogens with one attached hydrogen (secondary N) is 1. The van der Waals surface area contributed by atoms with E-state index in [1.165, 1.54) is 16.8 Å². The van der Waals surface area contributed by atoms with Crippen LogP contribution in [0, 0.1) is 0 Å². The maximum Gasteiger partial charge on any atom is 0.211 e. The molecule has 0 amide bonds. The van der Waals surface area contributed by atoms with Crippen LogP contribution >= 0.6 is 0 Å². The van der Waals surface area contributed by atoms with E-state index in [-0.39, 0.29) is 0 Å². The number of piperidine rings is 1. The van der Waals surface area contributed by atoms with E-state index < -0.39 is 10.0 Å². The lowest BCUT2D eigenvalue weighted by molar-refractivity contribution is 0.304. The lowest BCUT2D eigenvalue weighted by atomic mass is 10.1. The minimum Gasteiger partial charge on any atom is -0.403 e. The highest BCUT2D eigenvalue weighted by Crippen LogP contribution is 2.12. The Kier molecular flexibility index (Phi) is 3.77. The van der Waals surface area contributed by atoms with Gasteiger partial charge in [-0.2, -0.15) is 0 Å². The van der Waals surface area contributed by atoms with Crippen molar-refractivity contribution in [2.45, 2.75) is 18.9 Å². The van der Waals surface area contributed by atoms with E-state index in [1.54, 1.807) is 6.20 Å². The first-order valence-electron chi connectivity index (χ1n) is 4.62. The Bertz CT molecular complexity index is 292. The topological polar surface area (TPSA) is 75.4 Å². The highest BCUT2D eigenvalue weighted by molar-refractivity contribution is 7.88. The van der Waals surface area contributed by atoms with Crippen LogP contribution < -0.4 is 11.1 Å². The standard InChI is InChI=1S/C8H17N3O2S/c1-14(12,13)11-6-2-8(3-7-11)10-5-4-9/h4-5,8,10H,2-3,6-7,9H2,1H3/b5-4-. The number of hydrogen-bond donors (Lipinski definition) is 2. The van der Waals surface area contributed by atoms with E-state index >= 15 is 0 Å². The molecule has 1 aliphatic heterocycles. The molecule has 82 valence electrons. The maximum absolute atomic E-state index is 11.2. The molecule has 0 aromatic carbocycles. The molecule has 1 saturated heterocycles. The van der Waals surface area contributed by atoms with Gasteiger partial charge in [0.2, 0.25) is 10.0 Å². The number of nitrogens with zero attached hydrogens (tertiary/aromatic N) is 1. The van der Waals surface area contributed by atoms with E-state index in [9.17, 15) is 8.42 Å². The zero-order valence-corrected chi connectivity index (χ0v) is 9.13. The Labute approximate surface area is 85.0 Å². The number of rotatable bonds is 3. The Balaban J connectivity index is 2.39. The van der Waals surface area contributed by atoms with Gasteiger partial charge >= 0.3 is 0 Å². The van der Waals surface area contributed by atoms with Crippen molar-refractivity contribution < 1.29 is 8.42 Å². The Morgan fingerprint density at radius 3 is 2.43 bits per heavy atom. The molecule has 5 nitrogen and oxygen atoms in total. The van der Waals surface area contributed by atoms with Crippen molar-refractivity contribution >= 4 is 10.0 Å². The third kappa shape index (κ3) is 3.19. The highest BCUT2D eigenvalue weighted by atomic mass is 32.2. The van der Waals surface area contributed by atoms with Crippen LogP contribution in [0.1, 0.15) is 12.8 Å². The zero-order valence-electron chi connectivity index (χ0n) is 8.31. The molecule has 0 unspecified atom stereocenters. The molecule has 0 aromatic heterocycles. The van der Waals surface area contributed by atoms with Gasteiger partial charge in [0.25, 0.3) is 0 Å². The molecule has 14 heavy (non-hydrogen) atoms. The highest BCUT2D eigenvalue weighted by Gasteiger charge is 2.23. The average Bonchev–Trinajstić information content (AvgIpc) is 2.14. The van der Waals surface area contributed by atoms with Crippen molar-refractivity contribution in [3.8, 4) is 0 Å². The van der Waals surface area contributed by atoms with Gasteiger partial charge in [0.05, 0.1) is 6.26 Å². The summed E-state index contributed by atoms with van der Waals surface area (Å²) in [6.45, 7) is 1.18. The normalized spacial score (nSPS) is 21.5. The first-order valence-corrected chi connectivity index (χ1v) is 6.47. The molecular formula is C8H17N3O2S. The van der Waals surface area contributed by atoms with Gasteiger partial charge in [0.15, 0.2) is 0 Å². The van der Waals surface area contributed by atoms with Crippen LogP contribution in [-0.4, -0.2) is 38.1 Å². The second kappa shape index (κ2) is 4.65. The molecule has 0 spiro atoms. The fraction of sp³-hybridized carbons (Fsp3) is 0.750. The molecule has 1 aliphatic rings. The van der Waals surface area contributed by atoms with Gasteiger partial charge in [-0.05, 0) is 12.8 Å². The van der Waals surface area contributed by atoms with Crippen LogP contribution in [0.3, 0.4) is 0 Å². The summed E-state index contributed by atoms with van der Waals surface area (Å²) < 4.78 is 23.9. The molecule has 1 heterocycles. The van der Waals surface area contributed by atoms with Crippen LogP contribution in [-0.2, 0) is 10.0 Å². The molecule has 6 heteroatoms. The smallest absolute Gasteiger partial charge is 0.211 e. The van der Waals surface area contributed by atoms with Crippen LogP contribution in [0.2, 0.25) is 0 Å². The van der Waals surface area contributed by atoms with Gasteiger partial charge < -0.3 is 11.1 Å². The summed E-state index contributed by atoms with van der Waals surface area (Å²) in [5.41, 5.74) is 5.19. The summed E-state index contributed by atoms with van der Waals surface area (Å²) in [7, 11) is -3.01. The molecule has 0 bridgehead atoms. The minimum atomic E-state index is -3.01. The predicted octanol–water partition coefficient (Wildman–Crippen LogP) is -0.570. The van der Waals surface area contributed by atoms with E-state index in [2.05, 4.69) is 5.32 Å². The molecule has 0 aliphatic carbocycles. The lowest BCUT2D eigenvalue weighted by Gasteiger charge is -2.30. The fourth-order valence-electron chi connectivity index (χ4n) is 1.55. The molecule has 3 N–H and O–H groups in total. The molecule has 0 atom stereocenters. The fourth-order valence-corrected chi connectivity index (χ4v) is 2.42. The summed E-state index contributed by atoms with van der Waals surface area (Å²) in [5.74, 6) is 0. The van der Waals surface area contributed by atoms with Gasteiger partial charge in [0.1, 0.15) is 0 Å². The Hall–Kier alpha value is -0.750. The van der Waals surface area contributed by atoms with Crippen molar-refractivity contribution in [1.29, 1.82) is 0 Å². The van der Waals surface area contributed by atoms with Crippen molar-refractivity contribution in [2.75, 3.05) is 19.3 Å². The van der Waals surface area contributed by atoms with E-state index in [0.29, 0.717) is 19.1 Å². The molecular weight excluding hydrogens is 202 g/mol. The number of nitrogens with two attached hydrogens (primary N) is 1. The van der Waals surface area contributed by atoms with E-state index in [1.807, 2.05) is 0 Å². The molecule has 1 rings (SSSR count). The monoisotopic (exact) mass is 219 g/mol. The second-order valence-electron chi connectivity index (χ2n) is 3.46. The average molecular weight is 219 g/mol. The van der Waals surface area contributed by atoms with Gasteiger partial charge in [0, 0.05) is 31.5 Å². The summed E-state index contributed by atoms with van der Waals surface area (Å²) in [4.78, 5) is 0. The summed E-state index contributed by atoms with van der Waals surface area (Å²) in [6, 6.07) is 0.341. The van der Waals surface area contributed by atoms with Crippen molar-refractivity contribution in [3.63, 3.8) is 0 Å². The largest absolute Gasteiger partial charge is 0.403 e. The van der Waals surface area contributed by atoms with Crippen molar-refractivity contribution in [1.82, 2.24) is 9.62 Å². The van der Waals surface area contributed by atoms with Crippen LogP contribution in [0.5, 0.6) is 0 Å². The first-order chi connectivity index (χ1) is 6.54. The van der Waals surface area contributed by atoms with Crippen LogP contribution in [0.15, 0.2) is 12.4 Å². The van der Waals surface area contributed by atoms with Crippen molar-refractivity contribution in [3.05, 3.63) is 12.4 Å². The SMILES string of the molecule is CS(=O)(=O)N1CCC(N/C=C\N)CC1. The van der Waals surface area contributed by atoms with E-state index in [4.69, 9.17) is 5.73 Å². The minimum absolute atomic E-state index is 0.341. The lowest BCUT2D eigenvalue weighted by Crippen LogP contribution is -2.43. The van der Waals surface area contributed by atoms with Crippen molar-refractivity contribution in [2.24, 2.45) is 5.73 Å². The zero-order chi connectivity index (χ0) is 10.6. The summed E-state index contributed by atoms with van der Waals surface area (Å²) >= 11 is 0. The second-order valence-corrected chi connectivity index (χ2v) is 5.44. The number of sulfonamides is 1.